The number of carbonyl (C=O) groups excluding carboxylic acids is 1. The van der Waals surface area contributed by atoms with Crippen molar-refractivity contribution in [3.63, 3.8) is 0 Å². The molecule has 88 valence electrons. The first-order valence-corrected chi connectivity index (χ1v) is 5.28. The smallest absolute Gasteiger partial charge is 0.253 e. The Bertz CT molecular complexity index is 348. The van der Waals surface area contributed by atoms with Gasteiger partial charge in [-0.05, 0) is 25.0 Å². The van der Waals surface area contributed by atoms with Crippen LogP contribution in [0.5, 0.6) is 0 Å². The summed E-state index contributed by atoms with van der Waals surface area (Å²) in [5, 5.41) is 2.90. The molecular weight excluding hydrogens is 204 g/mol. The molecule has 0 radical (unpaired) electrons. The molecule has 1 aromatic rings. The molecule has 1 amide bonds. The van der Waals surface area contributed by atoms with E-state index in [1.807, 2.05) is 6.92 Å². The van der Waals surface area contributed by atoms with Crippen molar-refractivity contribution in [1.82, 2.24) is 10.3 Å². The van der Waals surface area contributed by atoms with E-state index in [1.165, 1.54) is 6.20 Å². The molecule has 1 unspecified atom stereocenters. The van der Waals surface area contributed by atoms with Gasteiger partial charge in [-0.25, -0.2) is 10.8 Å². The number of carbonyl (C=O) groups is 1. The summed E-state index contributed by atoms with van der Waals surface area (Å²) in [6.07, 6.45) is 1.50. The summed E-state index contributed by atoms with van der Waals surface area (Å²) in [7, 11) is 0. The molecule has 0 fully saturated rings. The van der Waals surface area contributed by atoms with Crippen LogP contribution in [0.25, 0.3) is 0 Å². The fourth-order valence-corrected chi connectivity index (χ4v) is 1.07. The van der Waals surface area contributed by atoms with Crippen LogP contribution in [0.1, 0.15) is 31.1 Å². The lowest BCUT2D eigenvalue weighted by molar-refractivity contribution is 0.0930. The first-order valence-electron chi connectivity index (χ1n) is 5.28. The number of nitrogen functional groups attached to an aromatic ring is 1. The lowest BCUT2D eigenvalue weighted by Crippen LogP contribution is -2.36. The molecule has 1 atom stereocenters. The monoisotopic (exact) mass is 222 g/mol. The van der Waals surface area contributed by atoms with Crippen LogP contribution < -0.4 is 16.6 Å². The van der Waals surface area contributed by atoms with Gasteiger partial charge in [0.2, 0.25) is 0 Å². The molecule has 0 bridgehead atoms. The van der Waals surface area contributed by atoms with E-state index < -0.39 is 0 Å². The maximum Gasteiger partial charge on any atom is 0.253 e. The second-order valence-electron chi connectivity index (χ2n) is 4.08. The Hall–Kier alpha value is -1.62. The van der Waals surface area contributed by atoms with Crippen LogP contribution in [0.4, 0.5) is 5.82 Å². The number of anilines is 1. The fraction of sp³-hybridized carbons (Fsp3) is 0.455. The highest BCUT2D eigenvalue weighted by Crippen LogP contribution is 2.05. The van der Waals surface area contributed by atoms with E-state index in [9.17, 15) is 4.79 Å². The highest BCUT2D eigenvalue weighted by Gasteiger charge is 2.12. The number of nitrogens with one attached hydrogen (secondary N) is 2. The van der Waals surface area contributed by atoms with Gasteiger partial charge < -0.3 is 10.7 Å². The Balaban J connectivity index is 2.66. The van der Waals surface area contributed by atoms with Crippen LogP contribution in [0, 0.1) is 5.92 Å². The molecule has 0 saturated carbocycles. The third kappa shape index (κ3) is 3.20. The molecule has 0 aliphatic carbocycles. The Labute approximate surface area is 95.4 Å². The number of nitrogens with two attached hydrogens (primary N) is 1. The summed E-state index contributed by atoms with van der Waals surface area (Å²) in [4.78, 5) is 15.7. The molecule has 16 heavy (non-hydrogen) atoms. The highest BCUT2D eigenvalue weighted by atomic mass is 16.1. The Morgan fingerprint density at radius 1 is 1.38 bits per heavy atom. The summed E-state index contributed by atoms with van der Waals surface area (Å²) in [6, 6.07) is 3.49. The van der Waals surface area contributed by atoms with Gasteiger partial charge in [0, 0.05) is 12.2 Å². The molecule has 1 rings (SSSR count). The van der Waals surface area contributed by atoms with Crippen molar-refractivity contribution in [2.75, 3.05) is 5.43 Å². The summed E-state index contributed by atoms with van der Waals surface area (Å²) >= 11 is 0. The Morgan fingerprint density at radius 3 is 2.50 bits per heavy atom. The number of hydrogen-bond acceptors (Lipinski definition) is 4. The van der Waals surface area contributed by atoms with Crippen LogP contribution in [-0.4, -0.2) is 16.9 Å². The molecule has 0 aliphatic heterocycles. The fourth-order valence-electron chi connectivity index (χ4n) is 1.07. The average molecular weight is 222 g/mol. The lowest BCUT2D eigenvalue weighted by Gasteiger charge is -2.17. The van der Waals surface area contributed by atoms with Crippen molar-refractivity contribution < 1.29 is 4.79 Å². The van der Waals surface area contributed by atoms with Crippen molar-refractivity contribution >= 4 is 11.7 Å². The molecule has 0 aromatic carbocycles. The second kappa shape index (κ2) is 5.46. The number of aromatic nitrogens is 1. The standard InChI is InChI=1S/C11H18N4O/c1-7(2)8(3)14-11(16)9-4-5-10(15-12)13-6-9/h4-8H,12H2,1-3H3,(H,13,15)(H,14,16). The lowest BCUT2D eigenvalue weighted by atomic mass is 10.1. The van der Waals surface area contributed by atoms with Gasteiger partial charge in [0.25, 0.3) is 5.91 Å². The molecule has 4 N–H and O–H groups in total. The van der Waals surface area contributed by atoms with Gasteiger partial charge in [-0.15, -0.1) is 0 Å². The summed E-state index contributed by atoms with van der Waals surface area (Å²) < 4.78 is 0. The maximum absolute atomic E-state index is 11.8. The minimum absolute atomic E-state index is 0.114. The molecule has 1 aromatic heterocycles. The van der Waals surface area contributed by atoms with Crippen molar-refractivity contribution in [1.29, 1.82) is 0 Å². The van der Waals surface area contributed by atoms with Gasteiger partial charge in [0.05, 0.1) is 5.56 Å². The average Bonchev–Trinajstić information content (AvgIpc) is 2.28. The third-order valence-electron chi connectivity index (χ3n) is 2.53. The van der Waals surface area contributed by atoms with Crippen molar-refractivity contribution in [2.24, 2.45) is 11.8 Å². The Kier molecular flexibility index (Phi) is 4.25. The minimum Gasteiger partial charge on any atom is -0.349 e. The maximum atomic E-state index is 11.8. The van der Waals surface area contributed by atoms with Gasteiger partial charge in [0.15, 0.2) is 0 Å². The third-order valence-corrected chi connectivity index (χ3v) is 2.53. The van der Waals surface area contributed by atoms with Crippen molar-refractivity contribution in [3.8, 4) is 0 Å². The zero-order chi connectivity index (χ0) is 12.1. The van der Waals surface area contributed by atoms with E-state index in [2.05, 4.69) is 29.6 Å². The summed E-state index contributed by atoms with van der Waals surface area (Å²) in [6.45, 7) is 6.10. The molecule has 0 aliphatic rings. The first-order chi connectivity index (χ1) is 7.54. The van der Waals surface area contributed by atoms with Crippen LogP contribution in [-0.2, 0) is 0 Å². The van der Waals surface area contributed by atoms with Gasteiger partial charge in [-0.1, -0.05) is 13.8 Å². The second-order valence-corrected chi connectivity index (χ2v) is 4.08. The van der Waals surface area contributed by atoms with Crippen LogP contribution in [0.2, 0.25) is 0 Å². The van der Waals surface area contributed by atoms with Crippen molar-refractivity contribution in [3.05, 3.63) is 23.9 Å². The molecule has 1 heterocycles. The SMILES string of the molecule is CC(C)C(C)NC(=O)c1ccc(NN)nc1. The largest absolute Gasteiger partial charge is 0.349 e. The molecule has 5 heteroatoms. The molecule has 5 nitrogen and oxygen atoms in total. The van der Waals surface area contributed by atoms with E-state index in [4.69, 9.17) is 5.84 Å². The number of amides is 1. The quantitative estimate of drug-likeness (QED) is 0.527. The number of hydrazine groups is 1. The predicted molar refractivity (Wildman–Crippen MR) is 63.8 cm³/mol. The van der Waals surface area contributed by atoms with E-state index in [0.29, 0.717) is 17.3 Å². The van der Waals surface area contributed by atoms with Gasteiger partial charge in [-0.3, -0.25) is 4.79 Å². The number of hydrogen-bond donors (Lipinski definition) is 3. The van der Waals surface area contributed by atoms with Gasteiger partial charge in [0.1, 0.15) is 5.82 Å². The summed E-state index contributed by atoms with van der Waals surface area (Å²) in [5.74, 6) is 6.01. The van der Waals surface area contributed by atoms with Crippen LogP contribution >= 0.6 is 0 Å². The highest BCUT2D eigenvalue weighted by molar-refractivity contribution is 5.94. The Morgan fingerprint density at radius 2 is 2.06 bits per heavy atom. The van der Waals surface area contributed by atoms with Crippen LogP contribution in [0.15, 0.2) is 18.3 Å². The minimum atomic E-state index is -0.114. The molecular formula is C11H18N4O. The molecule has 0 saturated heterocycles. The van der Waals surface area contributed by atoms with Crippen molar-refractivity contribution in [2.45, 2.75) is 26.8 Å². The van der Waals surface area contributed by atoms with E-state index in [0.717, 1.165) is 0 Å². The zero-order valence-corrected chi connectivity index (χ0v) is 9.82. The molecule has 0 spiro atoms. The topological polar surface area (TPSA) is 80.0 Å². The summed E-state index contributed by atoms with van der Waals surface area (Å²) in [5.41, 5.74) is 2.94. The number of rotatable bonds is 4. The van der Waals surface area contributed by atoms with Gasteiger partial charge >= 0.3 is 0 Å². The first kappa shape index (κ1) is 12.4. The van der Waals surface area contributed by atoms with E-state index in [-0.39, 0.29) is 11.9 Å². The van der Waals surface area contributed by atoms with Crippen LogP contribution in [0.3, 0.4) is 0 Å². The van der Waals surface area contributed by atoms with E-state index >= 15 is 0 Å². The zero-order valence-electron chi connectivity index (χ0n) is 9.82. The van der Waals surface area contributed by atoms with E-state index in [1.54, 1.807) is 12.1 Å². The number of nitrogens with zero attached hydrogens (tertiary/aromatic N) is 1. The normalized spacial score (nSPS) is 12.3. The number of pyridine rings is 1. The van der Waals surface area contributed by atoms with Gasteiger partial charge in [-0.2, -0.15) is 0 Å². The predicted octanol–water partition coefficient (Wildman–Crippen LogP) is 1.14.